The molecule has 0 unspecified atom stereocenters. The molecule has 5 rings (SSSR count). The smallest absolute Gasteiger partial charge is 0.243 e. The molecule has 0 radical (unpaired) electrons. The molecule has 2 heterocycles. The molecule has 39 heavy (non-hydrogen) atoms. The minimum Gasteiger partial charge on any atom is -0.492 e. The Labute approximate surface area is 227 Å². The standard InChI is InChI=1S/C29H29N5O4S/c1-20-8-10-21(11-9-20)39(35,36)34(16-18-37-26-6-2-4-24-22(26)12-14-28(30)32-24)17-19-38-27-7-3-5-25-23(27)13-15-29(31)33-25/h2-15H,16-19H2,1H3,(H2,30,32)(H2,31,33). The van der Waals surface area contributed by atoms with Gasteiger partial charge in [0.05, 0.1) is 15.9 Å². The van der Waals surface area contributed by atoms with Crippen LogP contribution >= 0.6 is 0 Å². The van der Waals surface area contributed by atoms with Crippen LogP contribution in [0, 0.1) is 6.92 Å². The highest BCUT2D eigenvalue weighted by molar-refractivity contribution is 7.89. The highest BCUT2D eigenvalue weighted by Crippen LogP contribution is 2.27. The van der Waals surface area contributed by atoms with E-state index in [1.807, 2.05) is 55.5 Å². The van der Waals surface area contributed by atoms with E-state index in [1.54, 1.807) is 36.4 Å². The zero-order valence-corrected chi connectivity index (χ0v) is 22.3. The summed E-state index contributed by atoms with van der Waals surface area (Å²) in [5, 5.41) is 1.60. The van der Waals surface area contributed by atoms with Crippen molar-refractivity contribution in [2.75, 3.05) is 37.8 Å². The average Bonchev–Trinajstić information content (AvgIpc) is 2.92. The lowest BCUT2D eigenvalue weighted by Gasteiger charge is -2.23. The number of fused-ring (bicyclic) bond motifs is 2. The second-order valence-electron chi connectivity index (χ2n) is 9.03. The molecule has 0 fully saturated rings. The molecule has 200 valence electrons. The van der Waals surface area contributed by atoms with Crippen molar-refractivity contribution in [3.05, 3.63) is 90.5 Å². The highest BCUT2D eigenvalue weighted by atomic mass is 32.2. The van der Waals surface area contributed by atoms with Crippen molar-refractivity contribution in [1.82, 2.24) is 14.3 Å². The zero-order chi connectivity index (χ0) is 27.4. The Kier molecular flexibility index (Phi) is 7.49. The highest BCUT2D eigenvalue weighted by Gasteiger charge is 2.24. The number of ether oxygens (including phenoxy) is 2. The molecule has 0 saturated heterocycles. The molecule has 0 atom stereocenters. The largest absolute Gasteiger partial charge is 0.492 e. The predicted molar refractivity (Wildman–Crippen MR) is 153 cm³/mol. The Morgan fingerprint density at radius 2 is 1.18 bits per heavy atom. The van der Waals surface area contributed by atoms with E-state index in [0.29, 0.717) is 34.2 Å². The van der Waals surface area contributed by atoms with Crippen LogP contribution < -0.4 is 20.9 Å². The molecule has 0 aliphatic heterocycles. The maximum absolute atomic E-state index is 13.6. The van der Waals surface area contributed by atoms with Gasteiger partial charge in [0.1, 0.15) is 36.3 Å². The Balaban J connectivity index is 1.34. The van der Waals surface area contributed by atoms with E-state index in [2.05, 4.69) is 9.97 Å². The molecule has 4 N–H and O–H groups in total. The van der Waals surface area contributed by atoms with Gasteiger partial charge in [0.15, 0.2) is 0 Å². The number of aromatic nitrogens is 2. The van der Waals surface area contributed by atoms with E-state index in [1.165, 1.54) is 4.31 Å². The van der Waals surface area contributed by atoms with E-state index >= 15 is 0 Å². The number of benzene rings is 3. The summed E-state index contributed by atoms with van der Waals surface area (Å²) < 4.78 is 40.6. The molecule has 0 spiro atoms. The van der Waals surface area contributed by atoms with E-state index in [9.17, 15) is 8.42 Å². The van der Waals surface area contributed by atoms with Crippen molar-refractivity contribution in [3.8, 4) is 11.5 Å². The summed E-state index contributed by atoms with van der Waals surface area (Å²) in [7, 11) is -3.81. The number of hydrogen-bond donors (Lipinski definition) is 2. The van der Waals surface area contributed by atoms with Gasteiger partial charge in [-0.1, -0.05) is 29.8 Å². The molecule has 9 nitrogen and oxygen atoms in total. The molecule has 0 aliphatic rings. The third-order valence-corrected chi connectivity index (χ3v) is 8.19. The van der Waals surface area contributed by atoms with Crippen LogP contribution in [0.5, 0.6) is 11.5 Å². The number of aryl methyl sites for hydroxylation is 1. The van der Waals surface area contributed by atoms with Crippen molar-refractivity contribution < 1.29 is 17.9 Å². The first-order valence-electron chi connectivity index (χ1n) is 12.4. The molecule has 0 saturated carbocycles. The number of anilines is 2. The van der Waals surface area contributed by atoms with Crippen molar-refractivity contribution in [3.63, 3.8) is 0 Å². The third-order valence-electron chi connectivity index (χ3n) is 6.28. The van der Waals surface area contributed by atoms with E-state index in [-0.39, 0.29) is 31.2 Å². The molecular weight excluding hydrogens is 514 g/mol. The maximum atomic E-state index is 13.6. The molecule has 0 bridgehead atoms. The Hall–Kier alpha value is -4.41. The van der Waals surface area contributed by atoms with Gasteiger partial charge in [-0.15, -0.1) is 0 Å². The summed E-state index contributed by atoms with van der Waals surface area (Å²) in [5.74, 6) is 2.04. The predicted octanol–water partition coefficient (Wildman–Crippen LogP) is 4.40. The fourth-order valence-electron chi connectivity index (χ4n) is 4.26. The van der Waals surface area contributed by atoms with Gasteiger partial charge >= 0.3 is 0 Å². The topological polar surface area (TPSA) is 134 Å². The Bertz CT molecular complexity index is 1630. The fourth-order valence-corrected chi connectivity index (χ4v) is 5.67. The Morgan fingerprint density at radius 1 is 0.692 bits per heavy atom. The van der Waals surface area contributed by atoms with Crippen molar-refractivity contribution >= 4 is 43.5 Å². The number of nitrogen functional groups attached to an aromatic ring is 2. The summed E-state index contributed by atoms with van der Waals surface area (Å²) in [4.78, 5) is 8.86. The fraction of sp³-hybridized carbons (Fsp3) is 0.172. The van der Waals surface area contributed by atoms with Gasteiger partial charge < -0.3 is 20.9 Å². The van der Waals surface area contributed by atoms with Crippen LogP contribution in [0.15, 0.2) is 89.8 Å². The monoisotopic (exact) mass is 543 g/mol. The van der Waals surface area contributed by atoms with Crippen LogP contribution in [-0.2, 0) is 10.0 Å². The van der Waals surface area contributed by atoms with Gasteiger partial charge in [-0.25, -0.2) is 18.4 Å². The molecular formula is C29H29N5O4S. The van der Waals surface area contributed by atoms with Crippen molar-refractivity contribution in [2.24, 2.45) is 0 Å². The normalized spacial score (nSPS) is 11.7. The molecule has 0 amide bonds. The SMILES string of the molecule is Cc1ccc(S(=O)(=O)N(CCOc2cccc3nc(N)ccc23)CCOc2cccc3nc(N)ccc23)cc1. The second kappa shape index (κ2) is 11.1. The van der Waals surface area contributed by atoms with E-state index < -0.39 is 10.0 Å². The second-order valence-corrected chi connectivity index (χ2v) is 11.0. The number of rotatable bonds is 10. The van der Waals surface area contributed by atoms with Crippen LogP contribution in [0.4, 0.5) is 11.6 Å². The van der Waals surface area contributed by atoms with Crippen molar-refractivity contribution in [2.45, 2.75) is 11.8 Å². The number of hydrogen-bond acceptors (Lipinski definition) is 8. The van der Waals surface area contributed by atoms with Crippen molar-refractivity contribution in [1.29, 1.82) is 0 Å². The first kappa shape index (κ1) is 26.2. The first-order valence-corrected chi connectivity index (χ1v) is 13.9. The molecule has 2 aromatic heterocycles. The van der Waals surface area contributed by atoms with Crippen LogP contribution in [-0.4, -0.2) is 49.0 Å². The number of nitrogens with two attached hydrogens (primary N) is 2. The van der Waals surface area contributed by atoms with Gasteiger partial charge in [0.2, 0.25) is 10.0 Å². The molecule has 10 heteroatoms. The van der Waals surface area contributed by atoms with Gasteiger partial charge in [-0.05, 0) is 67.6 Å². The van der Waals surface area contributed by atoms with Gasteiger partial charge in [0, 0.05) is 23.9 Å². The van der Waals surface area contributed by atoms with E-state index in [4.69, 9.17) is 20.9 Å². The first-order chi connectivity index (χ1) is 18.8. The van der Waals surface area contributed by atoms with Crippen LogP contribution in [0.2, 0.25) is 0 Å². The van der Waals surface area contributed by atoms with Crippen LogP contribution in [0.1, 0.15) is 5.56 Å². The molecule has 5 aromatic rings. The van der Waals surface area contributed by atoms with Crippen LogP contribution in [0.3, 0.4) is 0 Å². The number of nitrogens with zero attached hydrogens (tertiary/aromatic N) is 3. The minimum absolute atomic E-state index is 0.117. The minimum atomic E-state index is -3.81. The summed E-state index contributed by atoms with van der Waals surface area (Å²) in [6.07, 6.45) is 0. The summed E-state index contributed by atoms with van der Waals surface area (Å²) in [5.41, 5.74) is 14.0. The third kappa shape index (κ3) is 5.87. The lowest BCUT2D eigenvalue weighted by atomic mass is 10.2. The van der Waals surface area contributed by atoms with Gasteiger partial charge in [-0.2, -0.15) is 4.31 Å². The lowest BCUT2D eigenvalue weighted by molar-refractivity contribution is 0.239. The lowest BCUT2D eigenvalue weighted by Crippen LogP contribution is -2.37. The number of pyridine rings is 2. The van der Waals surface area contributed by atoms with Gasteiger partial charge in [-0.3, -0.25) is 0 Å². The number of sulfonamides is 1. The summed E-state index contributed by atoms with van der Waals surface area (Å²) in [6.45, 7) is 2.41. The average molecular weight is 544 g/mol. The molecule has 3 aromatic carbocycles. The molecule has 0 aliphatic carbocycles. The van der Waals surface area contributed by atoms with Gasteiger partial charge in [0.25, 0.3) is 0 Å². The Morgan fingerprint density at radius 3 is 1.67 bits per heavy atom. The quantitative estimate of drug-likeness (QED) is 0.265. The maximum Gasteiger partial charge on any atom is 0.243 e. The van der Waals surface area contributed by atoms with E-state index in [0.717, 1.165) is 16.3 Å². The summed E-state index contributed by atoms with van der Waals surface area (Å²) >= 11 is 0. The summed E-state index contributed by atoms with van der Waals surface area (Å²) in [6, 6.07) is 24.9. The van der Waals surface area contributed by atoms with Crippen LogP contribution in [0.25, 0.3) is 21.8 Å². The zero-order valence-electron chi connectivity index (χ0n) is 21.4.